The lowest BCUT2D eigenvalue weighted by atomic mass is 10.1. The summed E-state index contributed by atoms with van der Waals surface area (Å²) in [5.41, 5.74) is 4.28. The van der Waals surface area contributed by atoms with E-state index in [0.29, 0.717) is 41.5 Å². The Morgan fingerprint density at radius 3 is 2.20 bits per heavy atom. The average molecular weight is 656 g/mol. The lowest BCUT2D eigenvalue weighted by Crippen LogP contribution is -2.34. The van der Waals surface area contributed by atoms with Crippen LogP contribution in [0.15, 0.2) is 47.6 Å². The van der Waals surface area contributed by atoms with Crippen LogP contribution in [0.2, 0.25) is 0 Å². The van der Waals surface area contributed by atoms with Gasteiger partial charge in [0.1, 0.15) is 0 Å². The molecule has 1 N–H and O–H groups in total. The van der Waals surface area contributed by atoms with E-state index in [2.05, 4.69) is 52.9 Å². The molecule has 3 heterocycles. The largest absolute Gasteiger partial charge is 0.490 e. The van der Waals surface area contributed by atoms with Gasteiger partial charge in [0.15, 0.2) is 11.5 Å². The number of rotatable bonds is 9. The van der Waals surface area contributed by atoms with Crippen molar-refractivity contribution < 1.29 is 14.3 Å². The van der Waals surface area contributed by atoms with Gasteiger partial charge in [0.05, 0.1) is 18.4 Å². The lowest BCUT2D eigenvalue weighted by molar-refractivity contribution is 0.0727. The van der Waals surface area contributed by atoms with E-state index in [1.54, 1.807) is 24.4 Å². The zero-order chi connectivity index (χ0) is 27.7. The number of carbonyl (C=O) groups is 1. The lowest BCUT2D eigenvalue weighted by Gasteiger charge is -2.30. The van der Waals surface area contributed by atoms with Crippen LogP contribution in [-0.4, -0.2) is 59.9 Å². The molecule has 0 unspecified atom stereocenters. The van der Waals surface area contributed by atoms with Gasteiger partial charge < -0.3 is 19.3 Å². The molecule has 0 radical (unpaired) electrons. The molecule has 2 fully saturated rings. The van der Waals surface area contributed by atoms with Crippen LogP contribution in [0.25, 0.3) is 0 Å². The number of esters is 1. The molecule has 2 aliphatic heterocycles. The number of ether oxygens (including phenoxy) is 2. The molecule has 210 valence electrons. The van der Waals surface area contributed by atoms with Gasteiger partial charge in [-0.05, 0) is 104 Å². The first-order valence-electron chi connectivity index (χ1n) is 13.9. The van der Waals surface area contributed by atoms with E-state index >= 15 is 0 Å². The summed E-state index contributed by atoms with van der Waals surface area (Å²) in [7, 11) is 0. The van der Waals surface area contributed by atoms with Crippen molar-refractivity contribution in [1.82, 2.24) is 15.0 Å². The van der Waals surface area contributed by atoms with Crippen LogP contribution in [0.3, 0.4) is 0 Å². The van der Waals surface area contributed by atoms with Crippen molar-refractivity contribution in [3.05, 3.63) is 57.2 Å². The minimum Gasteiger partial charge on any atom is -0.490 e. The van der Waals surface area contributed by atoms with Gasteiger partial charge in [-0.15, -0.1) is 0 Å². The molecule has 0 aliphatic carbocycles. The van der Waals surface area contributed by atoms with E-state index in [1.807, 2.05) is 31.2 Å². The van der Waals surface area contributed by atoms with Gasteiger partial charge in [-0.25, -0.2) is 10.2 Å². The number of hydrogen-bond donors (Lipinski definition) is 1. The van der Waals surface area contributed by atoms with Crippen LogP contribution < -0.4 is 24.7 Å². The zero-order valence-electron chi connectivity index (χ0n) is 22.7. The van der Waals surface area contributed by atoms with Gasteiger partial charge >= 0.3 is 5.97 Å². The summed E-state index contributed by atoms with van der Waals surface area (Å²) >= 11 is 2.12. The topological polar surface area (TPSA) is 105 Å². The first kappa shape index (κ1) is 28.1. The van der Waals surface area contributed by atoms with Crippen molar-refractivity contribution in [3.63, 3.8) is 0 Å². The van der Waals surface area contributed by atoms with Crippen molar-refractivity contribution in [1.29, 1.82) is 0 Å². The molecule has 10 nitrogen and oxygen atoms in total. The molecular formula is C29H34IN7O3. The number of anilines is 3. The highest BCUT2D eigenvalue weighted by Crippen LogP contribution is 2.29. The number of nitrogens with one attached hydrogen (secondary N) is 1. The van der Waals surface area contributed by atoms with Gasteiger partial charge in [-0.1, -0.05) is 12.1 Å². The molecular weight excluding hydrogens is 621 g/mol. The first-order valence-corrected chi connectivity index (χ1v) is 15.0. The smallest absolute Gasteiger partial charge is 0.344 e. The molecule has 2 saturated heterocycles. The molecule has 11 heteroatoms. The summed E-state index contributed by atoms with van der Waals surface area (Å²) in [6, 6.07) is 12.6. The highest BCUT2D eigenvalue weighted by atomic mass is 127. The van der Waals surface area contributed by atoms with Gasteiger partial charge in [0.2, 0.25) is 17.8 Å². The number of nitrogens with zero attached hydrogens (tertiary/aromatic N) is 6. The summed E-state index contributed by atoms with van der Waals surface area (Å²) in [6.07, 6.45) is 8.71. The Kier molecular flexibility index (Phi) is 9.63. The standard InChI is InChI=1S/C29H34IN7O3/c1-2-39-25-19-21(13-14-24(25)40-26(38)22-11-5-6-12-23(22)30)20-31-35-27-32-28(36-15-7-3-8-16-36)34-29(33-27)37-17-9-4-10-18-37/h5-6,11-14,19-20H,2-4,7-10,15-18H2,1H3,(H,32,33,34,35). The average Bonchev–Trinajstić information content (AvgIpc) is 2.99. The molecule has 3 aromatic rings. The molecule has 5 rings (SSSR count). The Morgan fingerprint density at radius 1 is 0.925 bits per heavy atom. The Hall–Kier alpha value is -3.48. The van der Waals surface area contributed by atoms with Crippen LogP contribution in [0.4, 0.5) is 17.8 Å². The molecule has 2 aromatic carbocycles. The van der Waals surface area contributed by atoms with Gasteiger partial charge in [-0.3, -0.25) is 0 Å². The van der Waals surface area contributed by atoms with E-state index in [-0.39, 0.29) is 0 Å². The number of piperidine rings is 2. The van der Waals surface area contributed by atoms with Crippen molar-refractivity contribution in [2.75, 3.05) is 48.0 Å². The molecule has 0 spiro atoms. The minimum atomic E-state index is -0.433. The molecule has 1 aromatic heterocycles. The molecule has 0 amide bonds. The predicted octanol–water partition coefficient (Wildman–Crippen LogP) is 5.52. The van der Waals surface area contributed by atoms with Crippen LogP contribution in [-0.2, 0) is 0 Å². The van der Waals surface area contributed by atoms with Gasteiger partial charge in [-0.2, -0.15) is 20.1 Å². The number of aromatic nitrogens is 3. The van der Waals surface area contributed by atoms with Crippen molar-refractivity contribution in [2.24, 2.45) is 5.10 Å². The predicted molar refractivity (Wildman–Crippen MR) is 165 cm³/mol. The van der Waals surface area contributed by atoms with Crippen molar-refractivity contribution in [3.8, 4) is 11.5 Å². The van der Waals surface area contributed by atoms with E-state index in [0.717, 1.165) is 61.0 Å². The number of halogens is 1. The monoisotopic (exact) mass is 655 g/mol. The molecule has 0 bridgehead atoms. The fourth-order valence-corrected chi connectivity index (χ4v) is 5.39. The molecule has 2 aliphatic rings. The fourth-order valence-electron chi connectivity index (χ4n) is 4.78. The van der Waals surface area contributed by atoms with Crippen LogP contribution in [0.5, 0.6) is 11.5 Å². The van der Waals surface area contributed by atoms with Gasteiger partial charge in [0.25, 0.3) is 0 Å². The summed E-state index contributed by atoms with van der Waals surface area (Å²) in [5.74, 6) is 2.20. The number of benzene rings is 2. The second kappa shape index (κ2) is 13.7. The van der Waals surface area contributed by atoms with Crippen molar-refractivity contribution in [2.45, 2.75) is 45.4 Å². The summed E-state index contributed by atoms with van der Waals surface area (Å²) < 4.78 is 12.3. The minimum absolute atomic E-state index is 0.353. The number of hydrazone groups is 1. The highest BCUT2D eigenvalue weighted by molar-refractivity contribution is 14.1. The zero-order valence-corrected chi connectivity index (χ0v) is 24.8. The first-order chi connectivity index (χ1) is 19.6. The normalized spacial score (nSPS) is 15.8. The number of carbonyl (C=O) groups excluding carboxylic acids is 1. The summed E-state index contributed by atoms with van der Waals surface area (Å²) in [6.45, 7) is 6.11. The van der Waals surface area contributed by atoms with E-state index < -0.39 is 5.97 Å². The maximum Gasteiger partial charge on any atom is 0.344 e. The maximum atomic E-state index is 12.7. The van der Waals surface area contributed by atoms with Crippen LogP contribution >= 0.6 is 22.6 Å². The highest BCUT2D eigenvalue weighted by Gasteiger charge is 2.20. The van der Waals surface area contributed by atoms with Gasteiger partial charge in [0, 0.05) is 29.7 Å². The Morgan fingerprint density at radius 2 is 1.57 bits per heavy atom. The summed E-state index contributed by atoms with van der Waals surface area (Å²) in [4.78, 5) is 31.4. The van der Waals surface area contributed by atoms with Crippen LogP contribution in [0, 0.1) is 3.57 Å². The SMILES string of the molecule is CCOc1cc(C=NNc2nc(N3CCCCC3)nc(N3CCCCC3)n2)ccc1OC(=O)c1ccccc1I. The number of hydrogen-bond acceptors (Lipinski definition) is 10. The fraction of sp³-hybridized carbons (Fsp3) is 0.414. The van der Waals surface area contributed by atoms with E-state index in [9.17, 15) is 4.79 Å². The Labute approximate surface area is 248 Å². The molecule has 40 heavy (non-hydrogen) atoms. The third-order valence-electron chi connectivity index (χ3n) is 6.83. The van der Waals surface area contributed by atoms with Crippen LogP contribution in [0.1, 0.15) is 61.4 Å². The Bertz CT molecular complexity index is 1300. The maximum absolute atomic E-state index is 12.7. The second-order valence-electron chi connectivity index (χ2n) is 9.73. The molecule has 0 saturated carbocycles. The Balaban J connectivity index is 1.32. The van der Waals surface area contributed by atoms with E-state index in [4.69, 9.17) is 14.5 Å². The quantitative estimate of drug-likeness (QED) is 0.105. The third kappa shape index (κ3) is 7.18. The summed E-state index contributed by atoms with van der Waals surface area (Å²) in [5, 5.41) is 4.41. The van der Waals surface area contributed by atoms with Crippen molar-refractivity contribution >= 4 is 52.6 Å². The van der Waals surface area contributed by atoms with E-state index in [1.165, 1.54) is 12.8 Å². The third-order valence-corrected chi connectivity index (χ3v) is 7.77. The second-order valence-corrected chi connectivity index (χ2v) is 10.9. The molecule has 0 atom stereocenters.